The first-order valence-electron chi connectivity index (χ1n) is 9.89. The molecule has 4 rings (SSSR count). The van der Waals surface area contributed by atoms with E-state index in [4.69, 9.17) is 4.74 Å². The van der Waals surface area contributed by atoms with Gasteiger partial charge in [0.2, 0.25) is 5.91 Å². The number of nitrogens with one attached hydrogen (secondary N) is 1. The Morgan fingerprint density at radius 1 is 1.35 bits per heavy atom. The predicted octanol–water partition coefficient (Wildman–Crippen LogP) is 2.35. The van der Waals surface area contributed by atoms with Gasteiger partial charge in [-0.1, -0.05) is 0 Å². The lowest BCUT2D eigenvalue weighted by Crippen LogP contribution is -2.53. The highest BCUT2D eigenvalue weighted by Crippen LogP contribution is 2.40. The summed E-state index contributed by atoms with van der Waals surface area (Å²) in [5.41, 5.74) is 1.89. The molecule has 3 aliphatic heterocycles. The van der Waals surface area contributed by atoms with Crippen molar-refractivity contribution in [3.8, 4) is 0 Å². The average molecular weight is 359 g/mol. The molecule has 1 atom stereocenters. The zero-order valence-corrected chi connectivity index (χ0v) is 15.6. The Morgan fingerprint density at radius 3 is 2.81 bits per heavy atom. The van der Waals surface area contributed by atoms with E-state index in [1.54, 1.807) is 0 Å². The molecule has 1 aromatic heterocycles. The van der Waals surface area contributed by atoms with Crippen LogP contribution in [-0.4, -0.2) is 65.5 Å². The number of H-pyrrole nitrogens is 1. The minimum atomic E-state index is 0.127. The van der Waals surface area contributed by atoms with Gasteiger partial charge in [0.15, 0.2) is 0 Å². The summed E-state index contributed by atoms with van der Waals surface area (Å²) < 4.78 is 5.73. The monoisotopic (exact) mass is 359 g/mol. The van der Waals surface area contributed by atoms with Gasteiger partial charge in [-0.2, -0.15) is 0 Å². The van der Waals surface area contributed by atoms with E-state index in [0.717, 1.165) is 76.1 Å². The molecule has 3 saturated heterocycles. The molecule has 2 amide bonds. The molecule has 6 nitrogen and oxygen atoms in total. The molecule has 0 bridgehead atoms. The van der Waals surface area contributed by atoms with Gasteiger partial charge in [0.25, 0.3) is 5.91 Å². The fourth-order valence-corrected chi connectivity index (χ4v) is 4.75. The van der Waals surface area contributed by atoms with Crippen molar-refractivity contribution >= 4 is 11.8 Å². The zero-order chi connectivity index (χ0) is 18.1. The molecule has 3 fully saturated rings. The maximum atomic E-state index is 12.7. The third kappa shape index (κ3) is 3.39. The minimum absolute atomic E-state index is 0.127. The van der Waals surface area contributed by atoms with Gasteiger partial charge in [-0.05, 0) is 50.5 Å². The van der Waals surface area contributed by atoms with E-state index < -0.39 is 0 Å². The third-order valence-corrected chi connectivity index (χ3v) is 6.49. The van der Waals surface area contributed by atoms with Gasteiger partial charge in [-0.15, -0.1) is 0 Å². The molecule has 142 valence electrons. The van der Waals surface area contributed by atoms with Gasteiger partial charge < -0.3 is 19.5 Å². The second-order valence-corrected chi connectivity index (χ2v) is 8.22. The van der Waals surface area contributed by atoms with Gasteiger partial charge in [0.1, 0.15) is 0 Å². The first kappa shape index (κ1) is 17.6. The van der Waals surface area contributed by atoms with Crippen molar-refractivity contribution in [2.45, 2.75) is 51.6 Å². The summed E-state index contributed by atoms with van der Waals surface area (Å²) in [5.74, 6) is 0.397. The lowest BCUT2D eigenvalue weighted by atomic mass is 9.72. The summed E-state index contributed by atoms with van der Waals surface area (Å²) in [7, 11) is 0. The fourth-order valence-electron chi connectivity index (χ4n) is 4.75. The van der Waals surface area contributed by atoms with E-state index in [9.17, 15) is 9.59 Å². The number of aryl methyl sites for hydroxylation is 1. The number of hydrogen-bond acceptors (Lipinski definition) is 3. The van der Waals surface area contributed by atoms with Crippen molar-refractivity contribution in [2.24, 2.45) is 5.41 Å². The summed E-state index contributed by atoms with van der Waals surface area (Å²) in [5, 5.41) is 0. The lowest BCUT2D eigenvalue weighted by molar-refractivity contribution is -0.141. The Hall–Kier alpha value is -1.82. The fraction of sp³-hybridized carbons (Fsp3) is 0.700. The van der Waals surface area contributed by atoms with Gasteiger partial charge >= 0.3 is 0 Å². The second-order valence-electron chi connectivity index (χ2n) is 8.22. The highest BCUT2D eigenvalue weighted by atomic mass is 16.5. The van der Waals surface area contributed by atoms with Crippen LogP contribution < -0.4 is 0 Å². The number of carbonyl (C=O) groups is 2. The molecule has 26 heavy (non-hydrogen) atoms. The molecule has 1 aromatic rings. The SMILES string of the molecule is Cc1[nH]ccc1C(=O)N1CCC2(CCC(=O)N(CC3CCCO3)C2)CC1. The summed E-state index contributed by atoms with van der Waals surface area (Å²) in [6.07, 6.45) is 7.77. The quantitative estimate of drug-likeness (QED) is 0.901. The lowest BCUT2D eigenvalue weighted by Gasteiger charge is -2.47. The molecule has 0 radical (unpaired) electrons. The van der Waals surface area contributed by atoms with Gasteiger partial charge in [-0.25, -0.2) is 0 Å². The molecule has 6 heteroatoms. The molecule has 1 unspecified atom stereocenters. The Kier molecular flexibility index (Phi) is 4.78. The van der Waals surface area contributed by atoms with Crippen LogP contribution in [0, 0.1) is 12.3 Å². The number of likely N-dealkylation sites (tertiary alicyclic amines) is 2. The molecule has 4 heterocycles. The standard InChI is InChI=1S/C20H29N3O3/c1-15-17(5-9-21-15)19(25)22-10-7-20(8-11-22)6-4-18(24)23(14-20)13-16-3-2-12-26-16/h5,9,16,21H,2-4,6-8,10-14H2,1H3. The summed E-state index contributed by atoms with van der Waals surface area (Å²) in [6.45, 7) is 5.90. The van der Waals surface area contributed by atoms with Crippen molar-refractivity contribution in [3.63, 3.8) is 0 Å². The van der Waals surface area contributed by atoms with Gasteiger partial charge in [0, 0.05) is 51.1 Å². The number of aromatic nitrogens is 1. The number of piperidine rings is 2. The van der Waals surface area contributed by atoms with Gasteiger partial charge in [0.05, 0.1) is 11.7 Å². The van der Waals surface area contributed by atoms with Crippen LogP contribution in [0.1, 0.15) is 54.6 Å². The van der Waals surface area contributed by atoms with Gasteiger partial charge in [-0.3, -0.25) is 9.59 Å². The molecule has 3 aliphatic rings. The number of carbonyl (C=O) groups excluding carboxylic acids is 2. The number of ether oxygens (including phenoxy) is 1. The highest BCUT2D eigenvalue weighted by molar-refractivity contribution is 5.95. The first-order valence-corrected chi connectivity index (χ1v) is 9.89. The molecular formula is C20H29N3O3. The normalized spacial score (nSPS) is 25.9. The van der Waals surface area contributed by atoms with Crippen LogP contribution in [0.15, 0.2) is 12.3 Å². The van der Waals surface area contributed by atoms with Crippen molar-refractivity contribution in [1.29, 1.82) is 0 Å². The number of nitrogens with zero attached hydrogens (tertiary/aromatic N) is 2. The maximum absolute atomic E-state index is 12.7. The van der Waals surface area contributed by atoms with Crippen LogP contribution in [-0.2, 0) is 9.53 Å². The molecule has 0 aromatic carbocycles. The Labute approximate surface area is 154 Å². The highest BCUT2D eigenvalue weighted by Gasteiger charge is 2.42. The Bertz CT molecular complexity index is 670. The number of amides is 2. The van der Waals surface area contributed by atoms with E-state index in [2.05, 4.69) is 4.98 Å². The second kappa shape index (κ2) is 7.06. The molecule has 1 N–H and O–H groups in total. The number of aromatic amines is 1. The Morgan fingerprint density at radius 2 is 2.15 bits per heavy atom. The first-order chi connectivity index (χ1) is 12.6. The van der Waals surface area contributed by atoms with E-state index in [1.165, 1.54) is 0 Å². The van der Waals surface area contributed by atoms with Crippen LogP contribution >= 0.6 is 0 Å². The molecule has 0 aliphatic carbocycles. The van der Waals surface area contributed by atoms with Crippen LogP contribution in [0.3, 0.4) is 0 Å². The van der Waals surface area contributed by atoms with E-state index in [1.807, 2.05) is 29.0 Å². The largest absolute Gasteiger partial charge is 0.376 e. The minimum Gasteiger partial charge on any atom is -0.376 e. The Balaban J connectivity index is 1.37. The maximum Gasteiger partial charge on any atom is 0.255 e. The topological polar surface area (TPSA) is 65.6 Å². The summed E-state index contributed by atoms with van der Waals surface area (Å²) in [4.78, 5) is 32.2. The van der Waals surface area contributed by atoms with Crippen molar-refractivity contribution in [2.75, 3.05) is 32.8 Å². The van der Waals surface area contributed by atoms with Crippen LogP contribution in [0.4, 0.5) is 0 Å². The average Bonchev–Trinajstić information content (AvgIpc) is 3.30. The van der Waals surface area contributed by atoms with E-state index >= 15 is 0 Å². The zero-order valence-electron chi connectivity index (χ0n) is 15.6. The summed E-state index contributed by atoms with van der Waals surface area (Å²) >= 11 is 0. The van der Waals surface area contributed by atoms with Crippen molar-refractivity contribution < 1.29 is 14.3 Å². The number of hydrogen-bond donors (Lipinski definition) is 1. The van der Waals surface area contributed by atoms with Crippen molar-refractivity contribution in [1.82, 2.24) is 14.8 Å². The van der Waals surface area contributed by atoms with Crippen LogP contribution in [0.25, 0.3) is 0 Å². The molecular weight excluding hydrogens is 330 g/mol. The predicted molar refractivity (Wildman–Crippen MR) is 97.9 cm³/mol. The van der Waals surface area contributed by atoms with E-state index in [-0.39, 0.29) is 23.3 Å². The molecule has 1 spiro atoms. The van der Waals surface area contributed by atoms with Crippen LogP contribution in [0.5, 0.6) is 0 Å². The number of rotatable bonds is 3. The van der Waals surface area contributed by atoms with Crippen molar-refractivity contribution in [3.05, 3.63) is 23.5 Å². The van der Waals surface area contributed by atoms with Crippen LogP contribution in [0.2, 0.25) is 0 Å². The van der Waals surface area contributed by atoms with E-state index in [0.29, 0.717) is 6.42 Å². The smallest absolute Gasteiger partial charge is 0.255 e. The third-order valence-electron chi connectivity index (χ3n) is 6.49. The molecule has 0 saturated carbocycles. The summed E-state index contributed by atoms with van der Waals surface area (Å²) in [6, 6.07) is 1.87.